The SMILES string of the molecule is CC(C)=NOC1CCCCO1. The van der Waals surface area contributed by atoms with Crippen LogP contribution in [0.1, 0.15) is 33.1 Å². The molecule has 3 heteroatoms. The number of nitrogens with zero attached hydrogens (tertiary/aromatic N) is 1. The van der Waals surface area contributed by atoms with Crippen molar-refractivity contribution in [1.29, 1.82) is 0 Å². The highest BCUT2D eigenvalue weighted by atomic mass is 16.8. The van der Waals surface area contributed by atoms with Crippen LogP contribution in [0.15, 0.2) is 5.16 Å². The summed E-state index contributed by atoms with van der Waals surface area (Å²) in [6.45, 7) is 4.62. The van der Waals surface area contributed by atoms with Crippen molar-refractivity contribution in [1.82, 2.24) is 0 Å². The maximum atomic E-state index is 5.30. The number of rotatable bonds is 2. The van der Waals surface area contributed by atoms with Crippen LogP contribution < -0.4 is 0 Å². The highest BCUT2D eigenvalue weighted by Gasteiger charge is 2.13. The monoisotopic (exact) mass is 157 g/mol. The van der Waals surface area contributed by atoms with Crippen LogP contribution in [0.2, 0.25) is 0 Å². The molecule has 0 aromatic carbocycles. The largest absolute Gasteiger partial charge is 0.364 e. The summed E-state index contributed by atoms with van der Waals surface area (Å²) in [5.74, 6) is 0. The Hall–Kier alpha value is -0.570. The van der Waals surface area contributed by atoms with Gasteiger partial charge in [0, 0.05) is 6.42 Å². The molecule has 0 spiro atoms. The van der Waals surface area contributed by atoms with Crippen molar-refractivity contribution in [2.45, 2.75) is 39.4 Å². The lowest BCUT2D eigenvalue weighted by Gasteiger charge is -2.19. The van der Waals surface area contributed by atoms with Crippen molar-refractivity contribution < 1.29 is 9.57 Å². The zero-order valence-electron chi connectivity index (χ0n) is 7.17. The van der Waals surface area contributed by atoms with Crippen LogP contribution in [-0.2, 0) is 9.57 Å². The molecule has 0 radical (unpaired) electrons. The predicted octanol–water partition coefficient (Wildman–Crippen LogP) is 1.93. The van der Waals surface area contributed by atoms with Gasteiger partial charge in [-0.25, -0.2) is 0 Å². The fourth-order valence-corrected chi connectivity index (χ4v) is 0.959. The van der Waals surface area contributed by atoms with Crippen LogP contribution in [0.4, 0.5) is 0 Å². The van der Waals surface area contributed by atoms with Gasteiger partial charge in [-0.1, -0.05) is 5.16 Å². The van der Waals surface area contributed by atoms with Crippen LogP contribution in [0.5, 0.6) is 0 Å². The van der Waals surface area contributed by atoms with E-state index in [1.54, 1.807) is 0 Å². The second kappa shape index (κ2) is 4.34. The number of hydrogen-bond donors (Lipinski definition) is 0. The van der Waals surface area contributed by atoms with Gasteiger partial charge in [0.2, 0.25) is 6.29 Å². The molecule has 0 saturated carbocycles. The smallest absolute Gasteiger partial charge is 0.226 e. The van der Waals surface area contributed by atoms with Gasteiger partial charge in [0.15, 0.2) is 0 Å². The van der Waals surface area contributed by atoms with Crippen LogP contribution in [0, 0.1) is 0 Å². The molecule has 3 nitrogen and oxygen atoms in total. The minimum absolute atomic E-state index is 0.0985. The summed E-state index contributed by atoms with van der Waals surface area (Å²) in [7, 11) is 0. The average Bonchev–Trinajstić information content (AvgIpc) is 2.03. The Morgan fingerprint density at radius 1 is 1.45 bits per heavy atom. The second-order valence-corrected chi connectivity index (χ2v) is 2.94. The van der Waals surface area contributed by atoms with E-state index in [4.69, 9.17) is 9.57 Å². The lowest BCUT2D eigenvalue weighted by Crippen LogP contribution is -2.20. The molecule has 0 aromatic rings. The molecule has 1 rings (SSSR count). The zero-order valence-corrected chi connectivity index (χ0v) is 7.17. The van der Waals surface area contributed by atoms with Crippen LogP contribution >= 0.6 is 0 Å². The Labute approximate surface area is 67.4 Å². The molecule has 0 bridgehead atoms. The lowest BCUT2D eigenvalue weighted by atomic mass is 10.2. The molecule has 11 heavy (non-hydrogen) atoms. The Morgan fingerprint density at radius 2 is 2.27 bits per heavy atom. The number of oxime groups is 1. The first-order valence-electron chi connectivity index (χ1n) is 4.07. The summed E-state index contributed by atoms with van der Waals surface area (Å²) in [5.41, 5.74) is 0.930. The second-order valence-electron chi connectivity index (χ2n) is 2.94. The molecule has 0 aromatic heterocycles. The van der Waals surface area contributed by atoms with Gasteiger partial charge in [-0.3, -0.25) is 0 Å². The molecule has 64 valence electrons. The van der Waals surface area contributed by atoms with Crippen molar-refractivity contribution >= 4 is 5.71 Å². The van der Waals surface area contributed by atoms with Gasteiger partial charge in [0.25, 0.3) is 0 Å². The first-order chi connectivity index (χ1) is 5.29. The molecule has 1 atom stereocenters. The van der Waals surface area contributed by atoms with E-state index in [0.717, 1.165) is 25.2 Å². The van der Waals surface area contributed by atoms with Crippen molar-refractivity contribution in [3.63, 3.8) is 0 Å². The first-order valence-corrected chi connectivity index (χ1v) is 4.07. The van der Waals surface area contributed by atoms with Gasteiger partial charge >= 0.3 is 0 Å². The topological polar surface area (TPSA) is 30.8 Å². The molecule has 1 saturated heterocycles. The predicted molar refractivity (Wildman–Crippen MR) is 43.5 cm³/mol. The zero-order chi connectivity index (χ0) is 8.10. The molecule has 1 unspecified atom stereocenters. The molecule has 1 fully saturated rings. The van der Waals surface area contributed by atoms with Crippen molar-refractivity contribution in [3.8, 4) is 0 Å². The Kier molecular flexibility index (Phi) is 3.36. The van der Waals surface area contributed by atoms with Crippen LogP contribution in [0.3, 0.4) is 0 Å². The normalized spacial score (nSPS) is 24.4. The van der Waals surface area contributed by atoms with E-state index in [9.17, 15) is 0 Å². The number of hydrogen-bond acceptors (Lipinski definition) is 3. The van der Waals surface area contributed by atoms with E-state index in [2.05, 4.69) is 5.16 Å². The maximum absolute atomic E-state index is 5.30. The van der Waals surface area contributed by atoms with E-state index in [0.29, 0.717) is 0 Å². The molecule has 0 N–H and O–H groups in total. The Balaban J connectivity index is 2.19. The van der Waals surface area contributed by atoms with Crippen molar-refractivity contribution in [2.24, 2.45) is 5.16 Å². The lowest BCUT2D eigenvalue weighted by molar-refractivity contribution is -0.162. The third kappa shape index (κ3) is 3.37. The Morgan fingerprint density at radius 3 is 2.82 bits per heavy atom. The van der Waals surface area contributed by atoms with E-state index < -0.39 is 0 Å². The van der Waals surface area contributed by atoms with E-state index >= 15 is 0 Å². The highest BCUT2D eigenvalue weighted by molar-refractivity contribution is 5.78. The van der Waals surface area contributed by atoms with Gasteiger partial charge < -0.3 is 9.57 Å². The standard InChI is InChI=1S/C8H15NO2/c1-7(2)9-11-8-5-3-4-6-10-8/h8H,3-6H2,1-2H3. The summed E-state index contributed by atoms with van der Waals surface area (Å²) < 4.78 is 5.30. The average molecular weight is 157 g/mol. The Bertz CT molecular complexity index is 135. The molecule has 0 amide bonds. The van der Waals surface area contributed by atoms with Crippen molar-refractivity contribution in [2.75, 3.05) is 6.61 Å². The maximum Gasteiger partial charge on any atom is 0.226 e. The first kappa shape index (κ1) is 8.53. The van der Waals surface area contributed by atoms with E-state index in [-0.39, 0.29) is 6.29 Å². The molecule has 1 heterocycles. The summed E-state index contributed by atoms with van der Waals surface area (Å²) in [5, 5.41) is 3.84. The van der Waals surface area contributed by atoms with Gasteiger partial charge in [0.1, 0.15) is 0 Å². The quantitative estimate of drug-likeness (QED) is 0.453. The fourth-order valence-electron chi connectivity index (χ4n) is 0.959. The third-order valence-corrected chi connectivity index (χ3v) is 1.49. The third-order valence-electron chi connectivity index (χ3n) is 1.49. The molecular weight excluding hydrogens is 142 g/mol. The molecular formula is C8H15NO2. The van der Waals surface area contributed by atoms with Gasteiger partial charge in [-0.15, -0.1) is 0 Å². The summed E-state index contributed by atoms with van der Waals surface area (Å²) in [6.07, 6.45) is 3.20. The summed E-state index contributed by atoms with van der Waals surface area (Å²) in [6, 6.07) is 0. The highest BCUT2D eigenvalue weighted by Crippen LogP contribution is 2.13. The summed E-state index contributed by atoms with van der Waals surface area (Å²) in [4.78, 5) is 5.11. The molecule has 0 aliphatic carbocycles. The van der Waals surface area contributed by atoms with Gasteiger partial charge in [-0.05, 0) is 26.7 Å². The van der Waals surface area contributed by atoms with Crippen LogP contribution in [0.25, 0.3) is 0 Å². The number of ether oxygens (including phenoxy) is 1. The van der Waals surface area contributed by atoms with Crippen molar-refractivity contribution in [3.05, 3.63) is 0 Å². The van der Waals surface area contributed by atoms with E-state index in [1.807, 2.05) is 13.8 Å². The summed E-state index contributed by atoms with van der Waals surface area (Å²) >= 11 is 0. The fraction of sp³-hybridized carbons (Fsp3) is 0.875. The minimum Gasteiger partial charge on any atom is -0.364 e. The van der Waals surface area contributed by atoms with Gasteiger partial charge in [0.05, 0.1) is 12.3 Å². The minimum atomic E-state index is -0.0985. The van der Waals surface area contributed by atoms with Crippen LogP contribution in [-0.4, -0.2) is 18.6 Å². The van der Waals surface area contributed by atoms with E-state index in [1.165, 1.54) is 6.42 Å². The molecule has 1 aliphatic heterocycles. The molecule has 1 aliphatic rings. The van der Waals surface area contributed by atoms with Gasteiger partial charge in [-0.2, -0.15) is 0 Å².